The number of rotatable bonds is 7. The summed E-state index contributed by atoms with van der Waals surface area (Å²) in [6.45, 7) is 13.6. The Morgan fingerprint density at radius 1 is 1.06 bits per heavy atom. The Labute approximate surface area is 128 Å². The van der Waals surface area contributed by atoms with Crippen molar-refractivity contribution < 1.29 is 0 Å². The first kappa shape index (κ1) is 19.1. The van der Waals surface area contributed by atoms with Crippen molar-refractivity contribution >= 4 is 34.5 Å². The van der Waals surface area contributed by atoms with Crippen LogP contribution in [0.2, 0.25) is 0 Å². The Morgan fingerprint density at radius 2 is 1.56 bits per heavy atom. The van der Waals surface area contributed by atoms with Gasteiger partial charge in [-0.05, 0) is 24.7 Å². The summed E-state index contributed by atoms with van der Waals surface area (Å²) in [6.07, 6.45) is 6.15. The molecule has 0 aliphatic carbocycles. The summed E-state index contributed by atoms with van der Waals surface area (Å²) in [5.41, 5.74) is 0.456. The van der Waals surface area contributed by atoms with Gasteiger partial charge < -0.3 is 0 Å². The molecule has 0 amide bonds. The van der Waals surface area contributed by atoms with Gasteiger partial charge in [-0.3, -0.25) is 0 Å². The molecule has 0 aliphatic heterocycles. The second-order valence-corrected chi connectivity index (χ2v) is 10.0. The van der Waals surface area contributed by atoms with Gasteiger partial charge in [-0.2, -0.15) is 25.3 Å². The van der Waals surface area contributed by atoms with Crippen LogP contribution in [0.3, 0.4) is 0 Å². The molecule has 0 aliphatic rings. The van der Waals surface area contributed by atoms with Crippen LogP contribution in [0.25, 0.3) is 0 Å². The maximum Gasteiger partial charge on any atom is 0.0174 e. The van der Waals surface area contributed by atoms with E-state index in [0.717, 1.165) is 6.42 Å². The highest BCUT2D eigenvalue weighted by Crippen LogP contribution is 2.45. The fourth-order valence-corrected chi connectivity index (χ4v) is 3.60. The molecule has 0 spiro atoms. The Balaban J connectivity index is 4.27. The topological polar surface area (TPSA) is 0 Å². The summed E-state index contributed by atoms with van der Waals surface area (Å²) in [6, 6.07) is 0. The van der Waals surface area contributed by atoms with Crippen molar-refractivity contribution in [2.75, 3.05) is 0 Å². The van der Waals surface area contributed by atoms with Crippen molar-refractivity contribution in [3.63, 3.8) is 0 Å². The van der Waals surface area contributed by atoms with Crippen LogP contribution in [0.1, 0.15) is 73.6 Å². The summed E-state index contributed by atoms with van der Waals surface area (Å²) in [7, 11) is 3.03. The Kier molecular flexibility index (Phi) is 7.68. The van der Waals surface area contributed by atoms with Crippen LogP contribution in [0.5, 0.6) is 0 Å². The highest BCUT2D eigenvalue weighted by molar-refractivity contribution is 7.83. The molecule has 0 heterocycles. The minimum atomic E-state index is -0.0111. The summed E-state index contributed by atoms with van der Waals surface area (Å²) < 4.78 is -0.0111. The predicted octanol–water partition coefficient (Wildman–Crippen LogP) is 5.62. The normalized spacial score (nSPS) is 18.5. The highest BCUT2D eigenvalue weighted by Gasteiger charge is 2.41. The molecule has 0 aromatic rings. The molecule has 0 rings (SSSR count). The van der Waals surface area contributed by atoms with Crippen molar-refractivity contribution in [3.8, 4) is 0 Å². The monoisotopic (exact) mass is 308 g/mol. The van der Waals surface area contributed by atoms with E-state index in [2.05, 4.69) is 50.8 Å². The number of hydrogen-bond acceptors (Lipinski definition) is 2. The quantitative estimate of drug-likeness (QED) is 0.340. The zero-order valence-electron chi connectivity index (χ0n) is 13.1. The molecule has 110 valence electrons. The number of unbranched alkanes of at least 4 members (excludes halogenated alkanes) is 1. The van der Waals surface area contributed by atoms with Gasteiger partial charge in [0, 0.05) is 15.2 Å². The second-order valence-electron chi connectivity index (χ2n) is 7.28. The van der Waals surface area contributed by atoms with Crippen LogP contribution in [0, 0.1) is 5.41 Å². The Hall–Kier alpha value is 1.13. The standard InChI is InChI=1S/C15H33PS2/c1-7-15(16,14(5,6)18)12(17)10-8-9-11-13(2,3)4/h12,17-18H,7-11,16H2,1-6H3. The third-order valence-electron chi connectivity index (χ3n) is 3.97. The van der Waals surface area contributed by atoms with Crippen LogP contribution in [-0.4, -0.2) is 15.2 Å². The van der Waals surface area contributed by atoms with Crippen molar-refractivity contribution in [2.45, 2.75) is 88.8 Å². The van der Waals surface area contributed by atoms with Crippen LogP contribution in [0.15, 0.2) is 0 Å². The fraction of sp³-hybridized carbons (Fsp3) is 1.00. The van der Waals surface area contributed by atoms with E-state index in [1.807, 2.05) is 0 Å². The molecule has 3 heteroatoms. The average molecular weight is 309 g/mol. The van der Waals surface area contributed by atoms with Gasteiger partial charge in [0.15, 0.2) is 0 Å². The number of hydrogen-bond donors (Lipinski definition) is 2. The lowest BCUT2D eigenvalue weighted by atomic mass is 9.84. The predicted molar refractivity (Wildman–Crippen MR) is 96.5 cm³/mol. The molecule has 3 atom stereocenters. The van der Waals surface area contributed by atoms with Gasteiger partial charge in [0.1, 0.15) is 0 Å². The smallest absolute Gasteiger partial charge is 0.0174 e. The van der Waals surface area contributed by atoms with Crippen LogP contribution < -0.4 is 0 Å². The van der Waals surface area contributed by atoms with Crippen molar-refractivity contribution in [2.24, 2.45) is 5.41 Å². The minimum absolute atomic E-state index is 0.0111. The maximum absolute atomic E-state index is 4.86. The lowest BCUT2D eigenvalue weighted by Gasteiger charge is -2.44. The van der Waals surface area contributed by atoms with Gasteiger partial charge in [-0.25, -0.2) is 0 Å². The van der Waals surface area contributed by atoms with E-state index < -0.39 is 0 Å². The molecule has 0 N–H and O–H groups in total. The van der Waals surface area contributed by atoms with Gasteiger partial charge in [-0.1, -0.05) is 54.4 Å². The van der Waals surface area contributed by atoms with Crippen molar-refractivity contribution in [1.29, 1.82) is 0 Å². The highest BCUT2D eigenvalue weighted by atomic mass is 32.1. The third kappa shape index (κ3) is 6.06. The van der Waals surface area contributed by atoms with E-state index >= 15 is 0 Å². The molecule has 0 saturated carbocycles. The van der Waals surface area contributed by atoms with Crippen molar-refractivity contribution in [1.82, 2.24) is 0 Å². The minimum Gasteiger partial charge on any atom is -0.175 e. The average Bonchev–Trinajstić information content (AvgIpc) is 2.19. The zero-order chi connectivity index (χ0) is 14.6. The van der Waals surface area contributed by atoms with Crippen LogP contribution in [-0.2, 0) is 0 Å². The largest absolute Gasteiger partial charge is 0.175 e. The van der Waals surface area contributed by atoms with Crippen LogP contribution in [0.4, 0.5) is 0 Å². The summed E-state index contributed by atoms with van der Waals surface area (Å²) in [5.74, 6) is 0. The van der Waals surface area contributed by atoms with Crippen LogP contribution >= 0.6 is 34.5 Å². The van der Waals surface area contributed by atoms with Gasteiger partial charge in [0.25, 0.3) is 0 Å². The van der Waals surface area contributed by atoms with E-state index in [1.165, 1.54) is 25.7 Å². The van der Waals surface area contributed by atoms with E-state index in [9.17, 15) is 0 Å². The second kappa shape index (κ2) is 7.23. The first-order valence-electron chi connectivity index (χ1n) is 7.13. The molecule has 18 heavy (non-hydrogen) atoms. The first-order valence-corrected chi connectivity index (χ1v) is 8.67. The molecule has 0 saturated heterocycles. The lowest BCUT2D eigenvalue weighted by molar-refractivity contribution is 0.350. The molecule has 3 unspecified atom stereocenters. The first-order chi connectivity index (χ1) is 7.94. The molecule has 0 radical (unpaired) electrons. The van der Waals surface area contributed by atoms with Gasteiger partial charge in [-0.15, -0.1) is 9.24 Å². The molecule has 0 aromatic heterocycles. The van der Waals surface area contributed by atoms with E-state index in [-0.39, 0.29) is 9.90 Å². The SMILES string of the molecule is CCC(P)(C(S)CCCCC(C)(C)C)C(C)(C)S. The van der Waals surface area contributed by atoms with E-state index in [4.69, 9.17) is 25.3 Å². The Bertz CT molecular complexity index is 240. The van der Waals surface area contributed by atoms with Gasteiger partial charge >= 0.3 is 0 Å². The molecule has 0 nitrogen and oxygen atoms in total. The summed E-state index contributed by atoms with van der Waals surface area (Å²) >= 11 is 9.64. The molecule has 0 fully saturated rings. The molecular weight excluding hydrogens is 275 g/mol. The zero-order valence-corrected chi connectivity index (χ0v) is 16.0. The lowest BCUT2D eigenvalue weighted by Crippen LogP contribution is -2.47. The number of thiol groups is 2. The molecule has 0 bridgehead atoms. The Morgan fingerprint density at radius 3 is 1.89 bits per heavy atom. The maximum atomic E-state index is 4.86. The molecular formula is C15H33PS2. The van der Waals surface area contributed by atoms with E-state index in [1.54, 1.807) is 0 Å². The van der Waals surface area contributed by atoms with E-state index in [0.29, 0.717) is 10.7 Å². The van der Waals surface area contributed by atoms with Crippen molar-refractivity contribution in [3.05, 3.63) is 0 Å². The van der Waals surface area contributed by atoms with Gasteiger partial charge in [0.05, 0.1) is 0 Å². The van der Waals surface area contributed by atoms with Gasteiger partial charge in [0.2, 0.25) is 0 Å². The summed E-state index contributed by atoms with van der Waals surface area (Å²) in [5, 5.41) is 0.515. The fourth-order valence-electron chi connectivity index (χ4n) is 2.33. The summed E-state index contributed by atoms with van der Waals surface area (Å²) in [4.78, 5) is 0. The third-order valence-corrected chi connectivity index (χ3v) is 7.16. The molecule has 0 aromatic carbocycles.